The Morgan fingerprint density at radius 2 is 1.80 bits per heavy atom. The van der Waals surface area contributed by atoms with Gasteiger partial charge in [0.25, 0.3) is 5.91 Å². The fraction of sp³-hybridized carbons (Fsp3) is 0.333. The number of carboxylic acids is 1. The Kier molecular flexibility index (Phi) is 6.58. The van der Waals surface area contributed by atoms with E-state index in [0.717, 1.165) is 29.9 Å². The molecule has 1 aliphatic heterocycles. The van der Waals surface area contributed by atoms with Gasteiger partial charge < -0.3 is 29.9 Å². The second kappa shape index (κ2) is 9.46. The Morgan fingerprint density at radius 3 is 2.43 bits per heavy atom. The summed E-state index contributed by atoms with van der Waals surface area (Å²) in [6.45, 7) is 5.65. The number of aromatic hydroxyl groups is 1. The number of carbonyl (C=O) groups excluding carboxylic acids is 1. The topological polar surface area (TPSA) is 98.0 Å². The van der Waals surface area contributed by atoms with E-state index in [1.807, 2.05) is 38.1 Å². The molecule has 0 spiro atoms. The molecule has 1 aliphatic rings. The van der Waals surface area contributed by atoms with Crippen molar-refractivity contribution in [3.8, 4) is 16.9 Å². The molecule has 2 aromatic carbocycles. The van der Waals surface area contributed by atoms with Gasteiger partial charge in [-0.3, -0.25) is 4.79 Å². The highest BCUT2D eigenvalue weighted by atomic mass is 16.4. The minimum atomic E-state index is -1.02. The normalized spacial score (nSPS) is 14.6. The highest BCUT2D eigenvalue weighted by Gasteiger charge is 2.29. The molecule has 184 valence electrons. The molecule has 3 aromatic rings. The molecule has 0 unspecified atom stereocenters. The van der Waals surface area contributed by atoms with E-state index in [9.17, 15) is 19.8 Å². The predicted octanol–water partition coefficient (Wildman–Crippen LogP) is 3.65. The number of aryl methyl sites for hydroxylation is 2. The number of phenolic OH excluding ortho intramolecular Hbond substituents is 1. The highest BCUT2D eigenvalue weighted by molar-refractivity contribution is 5.97. The molecule has 8 nitrogen and oxygen atoms in total. The van der Waals surface area contributed by atoms with Gasteiger partial charge >= 0.3 is 5.97 Å². The molecule has 3 N–H and O–H groups in total. The first kappa shape index (κ1) is 24.3. The highest BCUT2D eigenvalue weighted by Crippen LogP contribution is 2.30. The van der Waals surface area contributed by atoms with Crippen LogP contribution in [0.3, 0.4) is 0 Å². The van der Waals surface area contributed by atoms with Gasteiger partial charge in [-0.2, -0.15) is 0 Å². The SMILES string of the molecule is Cc1ccc(N2CC(N(C)C)C2)cc1C(=O)N[C@H](C)c1cc(O)cc(-c2cc(C(=O)O)n(C)c2)c1. The number of aromatic nitrogens is 1. The number of phenols is 1. The average molecular weight is 477 g/mol. The number of rotatable bonds is 7. The van der Waals surface area contributed by atoms with Crippen LogP contribution in [0.1, 0.15) is 44.9 Å². The molecule has 1 saturated heterocycles. The lowest BCUT2D eigenvalue weighted by molar-refractivity contribution is 0.0686. The number of aromatic carboxylic acids is 1. The largest absolute Gasteiger partial charge is 0.508 e. The first-order valence-corrected chi connectivity index (χ1v) is 11.6. The third kappa shape index (κ3) is 5.02. The summed E-state index contributed by atoms with van der Waals surface area (Å²) in [7, 11) is 5.82. The van der Waals surface area contributed by atoms with Gasteiger partial charge in [0.05, 0.1) is 6.04 Å². The van der Waals surface area contributed by atoms with E-state index < -0.39 is 5.97 Å². The molecule has 0 radical (unpaired) electrons. The summed E-state index contributed by atoms with van der Waals surface area (Å²) in [5, 5.41) is 22.7. The molecule has 1 aromatic heterocycles. The molecule has 35 heavy (non-hydrogen) atoms. The van der Waals surface area contributed by atoms with Gasteiger partial charge in [-0.05, 0) is 81.0 Å². The Labute approximate surface area is 205 Å². The molecular weight excluding hydrogens is 444 g/mol. The summed E-state index contributed by atoms with van der Waals surface area (Å²) in [5.41, 5.74) is 4.78. The second-order valence-corrected chi connectivity index (χ2v) is 9.56. The van der Waals surface area contributed by atoms with E-state index >= 15 is 0 Å². The van der Waals surface area contributed by atoms with Crippen molar-refractivity contribution >= 4 is 17.6 Å². The molecule has 8 heteroatoms. The second-order valence-electron chi connectivity index (χ2n) is 9.56. The quantitative estimate of drug-likeness (QED) is 0.482. The van der Waals surface area contributed by atoms with E-state index in [2.05, 4.69) is 29.2 Å². The van der Waals surface area contributed by atoms with Crippen molar-refractivity contribution in [2.45, 2.75) is 25.9 Å². The maximum atomic E-state index is 13.2. The van der Waals surface area contributed by atoms with Gasteiger partial charge in [-0.15, -0.1) is 0 Å². The van der Waals surface area contributed by atoms with Crippen molar-refractivity contribution in [1.29, 1.82) is 0 Å². The van der Waals surface area contributed by atoms with Crippen LogP contribution in [0.5, 0.6) is 5.75 Å². The Balaban J connectivity index is 1.53. The number of amides is 1. The van der Waals surface area contributed by atoms with Gasteiger partial charge in [-0.25, -0.2) is 4.79 Å². The number of carbonyl (C=O) groups is 2. The zero-order chi connectivity index (χ0) is 25.4. The zero-order valence-corrected chi connectivity index (χ0v) is 20.7. The molecule has 0 aliphatic carbocycles. The van der Waals surface area contributed by atoms with Crippen LogP contribution in [-0.4, -0.2) is 64.8 Å². The number of nitrogens with zero attached hydrogens (tertiary/aromatic N) is 3. The molecule has 1 atom stereocenters. The predicted molar refractivity (Wildman–Crippen MR) is 136 cm³/mol. The third-order valence-electron chi connectivity index (χ3n) is 6.77. The van der Waals surface area contributed by atoms with E-state index in [4.69, 9.17) is 0 Å². The van der Waals surface area contributed by atoms with Gasteiger partial charge in [-0.1, -0.05) is 6.07 Å². The summed E-state index contributed by atoms with van der Waals surface area (Å²) in [5.74, 6) is -1.15. The number of likely N-dealkylation sites (N-methyl/N-ethyl adjacent to an activating group) is 1. The monoisotopic (exact) mass is 476 g/mol. The standard InChI is InChI=1S/C27H32N4O4/c1-16-6-7-21(31-14-22(15-31)29(3)4)12-24(16)26(33)28-17(2)18-8-19(10-23(32)9-18)20-11-25(27(34)35)30(5)13-20/h6-13,17,22,32H,14-15H2,1-5H3,(H,28,33)(H,34,35)/t17-/m1/s1. The number of hydrogen-bond acceptors (Lipinski definition) is 5. The summed E-state index contributed by atoms with van der Waals surface area (Å²) in [6, 6.07) is 12.7. The minimum absolute atomic E-state index is 0.0470. The van der Waals surface area contributed by atoms with Gasteiger partial charge in [0.15, 0.2) is 0 Å². The van der Waals surface area contributed by atoms with Gasteiger partial charge in [0.2, 0.25) is 0 Å². The van der Waals surface area contributed by atoms with Crippen molar-refractivity contribution in [1.82, 2.24) is 14.8 Å². The first-order valence-electron chi connectivity index (χ1n) is 11.6. The van der Waals surface area contributed by atoms with E-state index in [0.29, 0.717) is 22.7 Å². The lowest BCUT2D eigenvalue weighted by Crippen LogP contribution is -2.57. The summed E-state index contributed by atoms with van der Waals surface area (Å²) in [6.07, 6.45) is 1.71. The fourth-order valence-electron chi connectivity index (χ4n) is 4.39. The van der Waals surface area contributed by atoms with Crippen LogP contribution in [0, 0.1) is 6.92 Å². The summed E-state index contributed by atoms with van der Waals surface area (Å²) < 4.78 is 1.53. The zero-order valence-electron chi connectivity index (χ0n) is 20.7. The summed E-state index contributed by atoms with van der Waals surface area (Å²) >= 11 is 0. The molecular formula is C27H32N4O4. The smallest absolute Gasteiger partial charge is 0.352 e. The number of carboxylic acid groups (broad SMARTS) is 1. The minimum Gasteiger partial charge on any atom is -0.508 e. The third-order valence-corrected chi connectivity index (χ3v) is 6.77. The maximum Gasteiger partial charge on any atom is 0.352 e. The Bertz CT molecular complexity index is 1270. The van der Waals surface area contributed by atoms with E-state index in [1.165, 1.54) is 4.57 Å². The van der Waals surface area contributed by atoms with Crippen LogP contribution < -0.4 is 10.2 Å². The average Bonchev–Trinajstić information content (AvgIpc) is 3.15. The number of benzene rings is 2. The van der Waals surface area contributed by atoms with Crippen LogP contribution in [-0.2, 0) is 7.05 Å². The Hall–Kier alpha value is -3.78. The molecule has 4 rings (SSSR count). The molecule has 1 amide bonds. The fourth-order valence-corrected chi connectivity index (χ4v) is 4.39. The number of hydrogen-bond donors (Lipinski definition) is 3. The van der Waals surface area contributed by atoms with Crippen LogP contribution in [0.15, 0.2) is 48.7 Å². The molecule has 1 fully saturated rings. The maximum absolute atomic E-state index is 13.2. The van der Waals surface area contributed by atoms with Crippen LogP contribution in [0.4, 0.5) is 5.69 Å². The van der Waals surface area contributed by atoms with E-state index in [1.54, 1.807) is 31.4 Å². The van der Waals surface area contributed by atoms with Crippen LogP contribution >= 0.6 is 0 Å². The molecule has 0 bridgehead atoms. The summed E-state index contributed by atoms with van der Waals surface area (Å²) in [4.78, 5) is 29.1. The first-order chi connectivity index (χ1) is 16.5. The van der Waals surface area contributed by atoms with Crippen molar-refractivity contribution in [2.75, 3.05) is 32.1 Å². The Morgan fingerprint density at radius 1 is 1.09 bits per heavy atom. The van der Waals surface area contributed by atoms with Crippen molar-refractivity contribution < 1.29 is 19.8 Å². The van der Waals surface area contributed by atoms with Crippen molar-refractivity contribution in [3.05, 3.63) is 71.0 Å². The lowest BCUT2D eigenvalue weighted by atomic mass is 9.99. The number of anilines is 1. The van der Waals surface area contributed by atoms with Crippen molar-refractivity contribution in [3.63, 3.8) is 0 Å². The van der Waals surface area contributed by atoms with Crippen LogP contribution in [0.25, 0.3) is 11.1 Å². The molecule has 2 heterocycles. The van der Waals surface area contributed by atoms with Gasteiger partial charge in [0, 0.05) is 49.2 Å². The van der Waals surface area contributed by atoms with Crippen LogP contribution in [0.2, 0.25) is 0 Å². The molecule has 0 saturated carbocycles. The van der Waals surface area contributed by atoms with E-state index in [-0.39, 0.29) is 23.4 Å². The van der Waals surface area contributed by atoms with Gasteiger partial charge in [0.1, 0.15) is 11.4 Å². The van der Waals surface area contributed by atoms with Crippen molar-refractivity contribution in [2.24, 2.45) is 7.05 Å². The number of nitrogens with one attached hydrogen (secondary N) is 1. The lowest BCUT2D eigenvalue weighted by Gasteiger charge is -2.44.